The smallest absolute Gasteiger partial charge is 0.328 e. The minimum atomic E-state index is -1.95. The summed E-state index contributed by atoms with van der Waals surface area (Å²) in [5, 5.41) is 2.51. The first-order chi connectivity index (χ1) is 17.7. The number of methoxy groups -OCH3 is 1. The zero-order valence-corrected chi connectivity index (χ0v) is 20.9. The fourth-order valence-corrected chi connectivity index (χ4v) is 4.95. The quantitative estimate of drug-likeness (QED) is 0.467. The molecule has 0 aliphatic carbocycles. The van der Waals surface area contributed by atoms with Gasteiger partial charge in [-0.1, -0.05) is 0 Å². The van der Waals surface area contributed by atoms with Crippen molar-refractivity contribution in [3.63, 3.8) is 0 Å². The number of ether oxygens (including phenoxy) is 1. The van der Waals surface area contributed by atoms with E-state index in [0.717, 1.165) is 23.8 Å². The van der Waals surface area contributed by atoms with E-state index in [1.807, 2.05) is 6.07 Å². The highest BCUT2D eigenvalue weighted by Gasteiger charge is 2.29. The molecule has 2 atom stereocenters. The fourth-order valence-electron chi connectivity index (χ4n) is 4.02. The van der Waals surface area contributed by atoms with Gasteiger partial charge in [-0.2, -0.15) is 0 Å². The van der Waals surface area contributed by atoms with Crippen LogP contribution in [0.2, 0.25) is 0 Å². The fraction of sp³-hybridized carbons (Fsp3) is 0.240. The summed E-state index contributed by atoms with van der Waals surface area (Å²) in [5.41, 5.74) is 2.27. The van der Waals surface area contributed by atoms with Crippen molar-refractivity contribution in [1.29, 1.82) is 0 Å². The Morgan fingerprint density at radius 2 is 1.86 bits per heavy atom. The minimum Gasteiger partial charge on any atom is -0.497 e. The molecule has 194 valence electrons. The van der Waals surface area contributed by atoms with Crippen LogP contribution in [0.5, 0.6) is 5.75 Å². The lowest BCUT2D eigenvalue weighted by atomic mass is 10.0. The number of carbonyl (C=O) groups excluding carboxylic acids is 2. The van der Waals surface area contributed by atoms with Gasteiger partial charge >= 0.3 is 6.03 Å². The summed E-state index contributed by atoms with van der Waals surface area (Å²) in [7, 11) is 3.02. The number of aromatic nitrogens is 1. The van der Waals surface area contributed by atoms with Gasteiger partial charge in [0.2, 0.25) is 17.1 Å². The minimum absolute atomic E-state index is 0.167. The Morgan fingerprint density at radius 1 is 1.16 bits per heavy atom. The third kappa shape index (κ3) is 6.20. The van der Waals surface area contributed by atoms with E-state index in [2.05, 4.69) is 15.0 Å². The summed E-state index contributed by atoms with van der Waals surface area (Å²) in [6, 6.07) is 9.25. The van der Waals surface area contributed by atoms with Crippen molar-refractivity contribution < 1.29 is 27.3 Å². The second kappa shape index (κ2) is 11.3. The van der Waals surface area contributed by atoms with E-state index in [0.29, 0.717) is 30.1 Å². The molecule has 9 nitrogen and oxygen atoms in total. The highest BCUT2D eigenvalue weighted by Crippen LogP contribution is 2.27. The molecular weight excluding hydrogens is 504 g/mol. The Labute approximate surface area is 215 Å². The predicted molar refractivity (Wildman–Crippen MR) is 135 cm³/mol. The topological polar surface area (TPSA) is 104 Å². The molecule has 0 fully saturated rings. The molecule has 0 radical (unpaired) electrons. The number of rotatable bonds is 8. The average Bonchev–Trinajstić information content (AvgIpc) is 3.31. The van der Waals surface area contributed by atoms with Crippen LogP contribution in [0.3, 0.4) is 0 Å². The van der Waals surface area contributed by atoms with Gasteiger partial charge in [-0.15, -0.1) is 0 Å². The lowest BCUT2D eigenvalue weighted by Gasteiger charge is -2.25. The molecule has 0 bridgehead atoms. The van der Waals surface area contributed by atoms with Gasteiger partial charge in [0.1, 0.15) is 23.4 Å². The zero-order valence-electron chi connectivity index (χ0n) is 20.1. The summed E-state index contributed by atoms with van der Waals surface area (Å²) in [6.07, 6.45) is 3.64. The number of nitrogens with zero attached hydrogens (tertiary/aromatic N) is 3. The third-order valence-corrected chi connectivity index (χ3v) is 7.02. The van der Waals surface area contributed by atoms with Gasteiger partial charge in [-0.25, -0.2) is 22.5 Å². The third-order valence-electron chi connectivity index (χ3n) is 5.88. The number of urea groups is 1. The first-order valence-electron chi connectivity index (χ1n) is 11.3. The maximum atomic E-state index is 13.8. The Balaban J connectivity index is 1.51. The lowest BCUT2D eigenvalue weighted by molar-refractivity contribution is -0.120. The second-order valence-corrected chi connectivity index (χ2v) is 9.45. The van der Waals surface area contributed by atoms with Crippen molar-refractivity contribution in [3.8, 4) is 5.75 Å². The van der Waals surface area contributed by atoms with E-state index in [1.54, 1.807) is 36.7 Å². The molecule has 0 spiro atoms. The number of carbonyl (C=O) groups is 2. The Morgan fingerprint density at radius 3 is 2.54 bits per heavy atom. The molecule has 0 saturated carbocycles. The van der Waals surface area contributed by atoms with Crippen LogP contribution in [0.4, 0.5) is 25.0 Å². The molecule has 1 aromatic heterocycles. The highest BCUT2D eigenvalue weighted by molar-refractivity contribution is 7.85. The summed E-state index contributed by atoms with van der Waals surface area (Å²) in [6.45, 7) is 0.416. The van der Waals surface area contributed by atoms with Gasteiger partial charge < -0.3 is 15.0 Å². The van der Waals surface area contributed by atoms with Gasteiger partial charge in [0.05, 0.1) is 19.0 Å². The number of pyridine rings is 1. The maximum Gasteiger partial charge on any atom is 0.328 e. The molecule has 4 rings (SSSR count). The zero-order chi connectivity index (χ0) is 26.5. The first kappa shape index (κ1) is 26.0. The molecule has 37 heavy (non-hydrogen) atoms. The van der Waals surface area contributed by atoms with Crippen LogP contribution in [0, 0.1) is 11.6 Å². The number of fused-ring (bicyclic) bond motifs is 1. The molecule has 1 aliphatic heterocycles. The van der Waals surface area contributed by atoms with E-state index in [1.165, 1.54) is 23.4 Å². The van der Waals surface area contributed by atoms with Crippen LogP contribution in [0.1, 0.15) is 11.1 Å². The standard InChI is InChI=1S/C25H25F2N5O4S/c1-31(20-3-5-21(36-2)6-4-20)24(33)22(13-16-11-18(26)14-19(27)12-16)29-25(34)30-37(35)32-10-8-17-7-9-28-15-23(17)32/h3-7,9,11-12,14-15,22H,8,10,13H2,1-2H3,(H2,29,30,34). The largest absolute Gasteiger partial charge is 0.497 e. The number of likely N-dealkylation sites (N-methyl/N-ethyl adjacent to an activating group) is 1. The summed E-state index contributed by atoms with van der Waals surface area (Å²) >= 11 is -1.95. The van der Waals surface area contributed by atoms with E-state index < -0.39 is 40.8 Å². The monoisotopic (exact) mass is 529 g/mol. The molecule has 3 aromatic rings. The number of hydrogen-bond donors (Lipinski definition) is 2. The summed E-state index contributed by atoms with van der Waals surface area (Å²) in [4.78, 5) is 31.5. The number of amides is 3. The normalized spacial score (nSPS) is 13.9. The van der Waals surface area contributed by atoms with Crippen molar-refractivity contribution in [1.82, 2.24) is 15.0 Å². The molecule has 12 heteroatoms. The van der Waals surface area contributed by atoms with E-state index in [9.17, 15) is 22.6 Å². The van der Waals surface area contributed by atoms with Crippen LogP contribution < -0.4 is 24.0 Å². The molecule has 2 unspecified atom stereocenters. The van der Waals surface area contributed by atoms with Crippen molar-refractivity contribution in [2.75, 3.05) is 29.9 Å². The first-order valence-corrected chi connectivity index (χ1v) is 12.4. The number of nitrogens with one attached hydrogen (secondary N) is 2. The molecule has 2 N–H and O–H groups in total. The average molecular weight is 530 g/mol. The van der Waals surface area contributed by atoms with Crippen molar-refractivity contribution in [2.24, 2.45) is 0 Å². The van der Waals surface area contributed by atoms with Gasteiger partial charge in [-0.3, -0.25) is 14.1 Å². The van der Waals surface area contributed by atoms with Crippen LogP contribution in [-0.4, -0.2) is 47.9 Å². The van der Waals surface area contributed by atoms with Gasteiger partial charge in [0.15, 0.2) is 0 Å². The number of benzene rings is 2. The Kier molecular flexibility index (Phi) is 7.97. The van der Waals surface area contributed by atoms with Gasteiger partial charge in [0, 0.05) is 38.0 Å². The van der Waals surface area contributed by atoms with Crippen LogP contribution in [0.15, 0.2) is 60.9 Å². The van der Waals surface area contributed by atoms with Crippen LogP contribution >= 0.6 is 0 Å². The Hall–Kier alpha value is -4.06. The predicted octanol–water partition coefficient (Wildman–Crippen LogP) is 2.88. The van der Waals surface area contributed by atoms with Crippen molar-refractivity contribution >= 4 is 34.5 Å². The number of halogens is 2. The van der Waals surface area contributed by atoms with E-state index in [-0.39, 0.29) is 12.0 Å². The van der Waals surface area contributed by atoms with Crippen molar-refractivity contribution in [3.05, 3.63) is 83.7 Å². The maximum absolute atomic E-state index is 13.8. The highest BCUT2D eigenvalue weighted by atomic mass is 32.2. The summed E-state index contributed by atoms with van der Waals surface area (Å²) in [5.74, 6) is -1.57. The van der Waals surface area contributed by atoms with Gasteiger partial charge in [-0.05, 0) is 60.0 Å². The molecule has 1 aliphatic rings. The lowest BCUT2D eigenvalue weighted by Crippen LogP contribution is -2.53. The Bertz CT molecular complexity index is 1300. The van der Waals surface area contributed by atoms with Crippen molar-refractivity contribution in [2.45, 2.75) is 18.9 Å². The molecule has 2 heterocycles. The molecule has 3 amide bonds. The van der Waals surface area contributed by atoms with E-state index >= 15 is 0 Å². The second-order valence-electron chi connectivity index (χ2n) is 8.31. The van der Waals surface area contributed by atoms with Crippen LogP contribution in [-0.2, 0) is 28.8 Å². The molecular formula is C25H25F2N5O4S. The molecule has 0 saturated heterocycles. The SMILES string of the molecule is COc1ccc(N(C)C(=O)C(Cc2cc(F)cc(F)c2)NC(=O)NS(=O)N2CCc3ccncc32)cc1. The number of anilines is 2. The van der Waals surface area contributed by atoms with E-state index in [4.69, 9.17) is 4.74 Å². The van der Waals surface area contributed by atoms with Gasteiger partial charge in [0.25, 0.3) is 0 Å². The van der Waals surface area contributed by atoms with Crippen LogP contribution in [0.25, 0.3) is 0 Å². The summed E-state index contributed by atoms with van der Waals surface area (Å²) < 4.78 is 49.4. The molecule has 2 aromatic carbocycles. The number of hydrogen-bond acceptors (Lipinski definition) is 5.